The topological polar surface area (TPSA) is 70.2 Å². The third-order valence-electron chi connectivity index (χ3n) is 1.40. The third kappa shape index (κ3) is 2.45. The van der Waals surface area contributed by atoms with Crippen molar-refractivity contribution in [1.29, 1.82) is 0 Å². The first-order valence-corrected chi connectivity index (χ1v) is 3.50. The van der Waals surface area contributed by atoms with E-state index in [0.717, 1.165) is 6.42 Å². The summed E-state index contributed by atoms with van der Waals surface area (Å²) < 4.78 is 0. The maximum Gasteiger partial charge on any atom is 0.316 e. The Bertz CT molecular complexity index is 179. The van der Waals surface area contributed by atoms with Gasteiger partial charge in [-0.1, -0.05) is 0 Å². The maximum atomic E-state index is 10.7. The normalized spacial score (nSPS) is 23.4. The lowest BCUT2D eigenvalue weighted by atomic mass is 10.3. The molecule has 1 unspecified atom stereocenters. The van der Waals surface area contributed by atoms with Crippen molar-refractivity contribution in [2.45, 2.75) is 19.5 Å². The number of hydrogen-bond donors (Lipinski definition) is 3. The van der Waals surface area contributed by atoms with Gasteiger partial charge in [-0.25, -0.2) is 4.79 Å². The number of urea groups is 1. The van der Waals surface area contributed by atoms with Crippen LogP contribution in [0.5, 0.6) is 0 Å². The highest BCUT2D eigenvalue weighted by molar-refractivity contribution is 5.77. The molecule has 0 aromatic heterocycles. The molecule has 5 heteroatoms. The molecule has 1 atom stereocenters. The van der Waals surface area contributed by atoms with Gasteiger partial charge in [0.1, 0.15) is 6.17 Å². The average Bonchev–Trinajstić information content (AvgIpc) is 1.85. The van der Waals surface area contributed by atoms with Crippen molar-refractivity contribution in [3.8, 4) is 0 Å². The molecule has 0 aromatic carbocycles. The van der Waals surface area contributed by atoms with Crippen LogP contribution in [0.15, 0.2) is 0 Å². The van der Waals surface area contributed by atoms with Gasteiger partial charge in [0.2, 0.25) is 5.91 Å². The Morgan fingerprint density at radius 2 is 2.45 bits per heavy atom. The summed E-state index contributed by atoms with van der Waals surface area (Å²) >= 11 is 0. The molecule has 0 aliphatic carbocycles. The molecular weight excluding hydrogens is 146 g/mol. The number of hydrogen-bond acceptors (Lipinski definition) is 2. The number of rotatable bonds is 1. The zero-order valence-corrected chi connectivity index (χ0v) is 6.31. The standard InChI is InChI=1S/C6H11N3O2/c1-4(10)8-5-2-3-7-6(11)9-5/h5H,2-3H2,1H3,(H,8,10)(H2,7,9,11). The Hall–Kier alpha value is -1.26. The lowest BCUT2D eigenvalue weighted by Crippen LogP contribution is -2.56. The first-order chi connectivity index (χ1) is 5.18. The van der Waals surface area contributed by atoms with Crippen molar-refractivity contribution < 1.29 is 9.59 Å². The second-order valence-corrected chi connectivity index (χ2v) is 2.44. The molecule has 62 valence electrons. The summed E-state index contributed by atoms with van der Waals surface area (Å²) in [6.07, 6.45) is 0.520. The highest BCUT2D eigenvalue weighted by Gasteiger charge is 2.16. The minimum atomic E-state index is -0.227. The minimum absolute atomic E-state index is 0.128. The molecule has 5 nitrogen and oxygen atoms in total. The van der Waals surface area contributed by atoms with Gasteiger partial charge in [-0.05, 0) is 0 Å². The van der Waals surface area contributed by atoms with Crippen molar-refractivity contribution in [2.75, 3.05) is 6.54 Å². The van der Waals surface area contributed by atoms with E-state index in [9.17, 15) is 9.59 Å². The van der Waals surface area contributed by atoms with Crippen LogP contribution in [0.3, 0.4) is 0 Å². The van der Waals surface area contributed by atoms with E-state index in [-0.39, 0.29) is 18.1 Å². The van der Waals surface area contributed by atoms with Gasteiger partial charge in [0, 0.05) is 19.9 Å². The lowest BCUT2D eigenvalue weighted by Gasteiger charge is -2.24. The molecule has 0 saturated carbocycles. The van der Waals surface area contributed by atoms with Gasteiger partial charge in [-0.2, -0.15) is 0 Å². The highest BCUT2D eigenvalue weighted by Crippen LogP contribution is 1.91. The van der Waals surface area contributed by atoms with Crippen LogP contribution in [0.2, 0.25) is 0 Å². The van der Waals surface area contributed by atoms with Gasteiger partial charge in [0.25, 0.3) is 0 Å². The summed E-state index contributed by atoms with van der Waals surface area (Å²) in [5.41, 5.74) is 0. The van der Waals surface area contributed by atoms with Gasteiger partial charge in [0.15, 0.2) is 0 Å². The fraction of sp³-hybridized carbons (Fsp3) is 0.667. The zero-order valence-electron chi connectivity index (χ0n) is 6.31. The third-order valence-corrected chi connectivity index (χ3v) is 1.40. The van der Waals surface area contributed by atoms with Crippen molar-refractivity contribution in [2.24, 2.45) is 0 Å². The summed E-state index contributed by atoms with van der Waals surface area (Å²) in [4.78, 5) is 21.2. The van der Waals surface area contributed by atoms with Gasteiger partial charge in [0.05, 0.1) is 0 Å². The molecule has 1 fully saturated rings. The Kier molecular flexibility index (Phi) is 2.30. The quantitative estimate of drug-likeness (QED) is 0.464. The molecule has 3 amide bonds. The molecule has 0 radical (unpaired) electrons. The van der Waals surface area contributed by atoms with Crippen molar-refractivity contribution in [3.63, 3.8) is 0 Å². The Labute approximate surface area is 64.5 Å². The van der Waals surface area contributed by atoms with Gasteiger partial charge >= 0.3 is 6.03 Å². The van der Waals surface area contributed by atoms with E-state index in [4.69, 9.17) is 0 Å². The Morgan fingerprint density at radius 3 is 3.00 bits per heavy atom. The summed E-state index contributed by atoms with van der Waals surface area (Å²) in [6, 6.07) is -0.227. The van der Waals surface area contributed by atoms with Gasteiger partial charge < -0.3 is 16.0 Å². The molecule has 0 aromatic rings. The van der Waals surface area contributed by atoms with Crippen LogP contribution in [0.1, 0.15) is 13.3 Å². The van der Waals surface area contributed by atoms with Crippen molar-refractivity contribution in [1.82, 2.24) is 16.0 Å². The van der Waals surface area contributed by atoms with Crippen LogP contribution in [0.4, 0.5) is 4.79 Å². The Balaban J connectivity index is 2.34. The maximum absolute atomic E-state index is 10.7. The van der Waals surface area contributed by atoms with E-state index in [1.807, 2.05) is 0 Å². The van der Waals surface area contributed by atoms with Gasteiger partial charge in [-0.3, -0.25) is 4.79 Å². The number of carbonyl (C=O) groups excluding carboxylic acids is 2. The van der Waals surface area contributed by atoms with Gasteiger partial charge in [-0.15, -0.1) is 0 Å². The second kappa shape index (κ2) is 3.23. The zero-order chi connectivity index (χ0) is 8.27. The molecule has 3 N–H and O–H groups in total. The van der Waals surface area contributed by atoms with Crippen LogP contribution < -0.4 is 16.0 Å². The molecule has 11 heavy (non-hydrogen) atoms. The predicted octanol–water partition coefficient (Wildman–Crippen LogP) is -0.848. The highest BCUT2D eigenvalue weighted by atomic mass is 16.2. The Morgan fingerprint density at radius 1 is 1.73 bits per heavy atom. The molecule has 1 heterocycles. The van der Waals surface area contributed by atoms with E-state index >= 15 is 0 Å². The van der Waals surface area contributed by atoms with E-state index in [1.54, 1.807) is 0 Å². The smallest absolute Gasteiger partial charge is 0.316 e. The largest absolute Gasteiger partial charge is 0.338 e. The number of amides is 3. The second-order valence-electron chi connectivity index (χ2n) is 2.44. The molecule has 1 aliphatic heterocycles. The molecule has 1 aliphatic rings. The first-order valence-electron chi connectivity index (χ1n) is 3.50. The van der Waals surface area contributed by atoms with Crippen LogP contribution in [0.25, 0.3) is 0 Å². The van der Waals surface area contributed by atoms with Crippen LogP contribution in [-0.2, 0) is 4.79 Å². The fourth-order valence-electron chi connectivity index (χ4n) is 0.965. The van der Waals surface area contributed by atoms with E-state index in [2.05, 4.69) is 16.0 Å². The van der Waals surface area contributed by atoms with E-state index in [1.165, 1.54) is 6.92 Å². The van der Waals surface area contributed by atoms with E-state index < -0.39 is 0 Å². The number of nitrogens with one attached hydrogen (secondary N) is 3. The molecule has 1 saturated heterocycles. The van der Waals surface area contributed by atoms with Crippen LogP contribution in [-0.4, -0.2) is 24.6 Å². The molecule has 0 bridgehead atoms. The average molecular weight is 157 g/mol. The monoisotopic (exact) mass is 157 g/mol. The van der Waals surface area contributed by atoms with Crippen molar-refractivity contribution in [3.05, 3.63) is 0 Å². The summed E-state index contributed by atoms with van der Waals surface area (Å²) in [5.74, 6) is -0.128. The summed E-state index contributed by atoms with van der Waals surface area (Å²) in [7, 11) is 0. The summed E-state index contributed by atoms with van der Waals surface area (Å²) in [6.45, 7) is 2.03. The first kappa shape index (κ1) is 7.84. The van der Waals surface area contributed by atoms with Crippen molar-refractivity contribution >= 4 is 11.9 Å². The molecule has 1 rings (SSSR count). The minimum Gasteiger partial charge on any atom is -0.338 e. The predicted molar refractivity (Wildman–Crippen MR) is 38.8 cm³/mol. The van der Waals surface area contributed by atoms with E-state index in [0.29, 0.717) is 6.54 Å². The summed E-state index contributed by atoms with van der Waals surface area (Å²) in [5, 5.41) is 7.75. The number of carbonyl (C=O) groups is 2. The lowest BCUT2D eigenvalue weighted by molar-refractivity contribution is -0.119. The van der Waals surface area contributed by atoms with Crippen LogP contribution >= 0.6 is 0 Å². The SMILES string of the molecule is CC(=O)NC1CCNC(=O)N1. The molecular formula is C6H11N3O2. The molecule has 0 spiro atoms. The fourth-order valence-corrected chi connectivity index (χ4v) is 0.965. The van der Waals surface area contributed by atoms with Crippen LogP contribution in [0, 0.1) is 0 Å².